The Bertz CT molecular complexity index is 1110. The van der Waals surface area contributed by atoms with Crippen molar-refractivity contribution in [1.29, 1.82) is 0 Å². The lowest BCUT2D eigenvalue weighted by Gasteiger charge is -2.17. The number of aromatic nitrogens is 1. The summed E-state index contributed by atoms with van der Waals surface area (Å²) in [7, 11) is 1.67. The minimum Gasteiger partial charge on any atom is -0.461 e. The van der Waals surface area contributed by atoms with Crippen molar-refractivity contribution in [2.75, 3.05) is 20.2 Å². The number of amides is 2. The molecule has 2 aromatic carbocycles. The molecule has 0 atom stereocenters. The molecular weight excluding hydrogens is 410 g/mol. The van der Waals surface area contributed by atoms with Crippen molar-refractivity contribution in [1.82, 2.24) is 9.88 Å². The van der Waals surface area contributed by atoms with Crippen LogP contribution in [-0.2, 0) is 22.5 Å². The van der Waals surface area contributed by atoms with Crippen molar-refractivity contribution in [3.63, 3.8) is 0 Å². The maximum Gasteiger partial charge on any atom is 0.409 e. The second-order valence-electron chi connectivity index (χ2n) is 7.39. The van der Waals surface area contributed by atoms with Crippen LogP contribution in [0.25, 0.3) is 10.9 Å². The van der Waals surface area contributed by atoms with Crippen molar-refractivity contribution < 1.29 is 23.9 Å². The lowest BCUT2D eigenvalue weighted by atomic mass is 10.0. The van der Waals surface area contributed by atoms with Crippen molar-refractivity contribution in [3.8, 4) is 0 Å². The first-order valence-corrected chi connectivity index (χ1v) is 10.4. The highest BCUT2D eigenvalue weighted by atomic mass is 16.6. The molecule has 8 heteroatoms. The molecule has 3 aromatic rings. The molecule has 0 unspecified atom stereocenters. The van der Waals surface area contributed by atoms with Gasteiger partial charge in [-0.1, -0.05) is 30.3 Å². The number of H-pyrrole nitrogens is 1. The third kappa shape index (κ3) is 5.46. The first kappa shape index (κ1) is 22.9. The number of fused-ring (bicyclic) bond motifs is 1. The molecule has 0 spiro atoms. The molecule has 3 N–H and O–H groups in total. The van der Waals surface area contributed by atoms with E-state index in [1.54, 1.807) is 32.2 Å². The summed E-state index contributed by atoms with van der Waals surface area (Å²) in [6, 6.07) is 14.5. The van der Waals surface area contributed by atoms with Gasteiger partial charge in [0.1, 0.15) is 12.3 Å². The molecule has 0 fully saturated rings. The van der Waals surface area contributed by atoms with Gasteiger partial charge in [-0.25, -0.2) is 9.59 Å². The Morgan fingerprint density at radius 2 is 1.81 bits per heavy atom. The summed E-state index contributed by atoms with van der Waals surface area (Å²) in [6.07, 6.45) is 0.651. The third-order valence-corrected chi connectivity index (χ3v) is 5.11. The van der Waals surface area contributed by atoms with E-state index < -0.39 is 18.0 Å². The Kier molecular flexibility index (Phi) is 7.49. The molecule has 3 rings (SSSR count). The summed E-state index contributed by atoms with van der Waals surface area (Å²) in [5.41, 5.74) is 8.47. The zero-order chi connectivity index (χ0) is 23.1. The zero-order valence-electron chi connectivity index (χ0n) is 18.2. The molecule has 8 nitrogen and oxygen atoms in total. The maximum atomic E-state index is 12.4. The number of aryl methyl sites for hydroxylation is 1. The normalized spacial score (nSPS) is 10.7. The first-order valence-electron chi connectivity index (χ1n) is 10.4. The summed E-state index contributed by atoms with van der Waals surface area (Å²) in [5, 5.41) is 0.735. The van der Waals surface area contributed by atoms with E-state index in [9.17, 15) is 14.4 Å². The van der Waals surface area contributed by atoms with Gasteiger partial charge in [-0.15, -0.1) is 0 Å². The molecule has 0 radical (unpaired) electrons. The van der Waals surface area contributed by atoms with E-state index in [4.69, 9.17) is 15.2 Å². The van der Waals surface area contributed by atoms with Crippen molar-refractivity contribution in [2.24, 2.45) is 5.73 Å². The molecule has 0 aliphatic rings. The fourth-order valence-corrected chi connectivity index (χ4v) is 3.45. The van der Waals surface area contributed by atoms with Crippen LogP contribution in [0.5, 0.6) is 0 Å². The maximum absolute atomic E-state index is 12.4. The number of nitrogens with one attached hydrogen (secondary N) is 1. The molecule has 1 heterocycles. The van der Waals surface area contributed by atoms with Crippen molar-refractivity contribution in [3.05, 3.63) is 70.9 Å². The number of ether oxygens (including phenoxy) is 2. The van der Waals surface area contributed by atoms with Crippen LogP contribution >= 0.6 is 0 Å². The van der Waals surface area contributed by atoms with E-state index in [1.807, 2.05) is 30.3 Å². The number of nitrogens with zero attached hydrogens (tertiary/aromatic N) is 1. The second kappa shape index (κ2) is 10.5. The topological polar surface area (TPSA) is 115 Å². The van der Waals surface area contributed by atoms with Gasteiger partial charge in [0.05, 0.1) is 6.61 Å². The van der Waals surface area contributed by atoms with Crippen molar-refractivity contribution >= 4 is 28.9 Å². The van der Waals surface area contributed by atoms with E-state index in [2.05, 4.69) is 4.98 Å². The van der Waals surface area contributed by atoms with Gasteiger partial charge in [-0.05, 0) is 49.1 Å². The van der Waals surface area contributed by atoms with Crippen LogP contribution in [0.2, 0.25) is 0 Å². The largest absolute Gasteiger partial charge is 0.461 e. The van der Waals surface area contributed by atoms with E-state index in [0.29, 0.717) is 36.2 Å². The van der Waals surface area contributed by atoms with Crippen molar-refractivity contribution in [2.45, 2.75) is 26.4 Å². The van der Waals surface area contributed by atoms with Crippen LogP contribution in [0.1, 0.15) is 45.3 Å². The van der Waals surface area contributed by atoms with Gasteiger partial charge in [0.15, 0.2) is 0 Å². The molecule has 0 aliphatic carbocycles. The second-order valence-corrected chi connectivity index (χ2v) is 7.39. The van der Waals surface area contributed by atoms with Crippen LogP contribution in [-0.4, -0.2) is 48.1 Å². The summed E-state index contributed by atoms with van der Waals surface area (Å²) >= 11 is 0. The number of esters is 1. The van der Waals surface area contributed by atoms with Crippen LogP contribution in [0, 0.1) is 0 Å². The summed E-state index contributed by atoms with van der Waals surface area (Å²) < 4.78 is 10.5. The summed E-state index contributed by atoms with van der Waals surface area (Å²) in [4.78, 5) is 40.9. The van der Waals surface area contributed by atoms with Gasteiger partial charge < -0.3 is 25.1 Å². The molecule has 0 bridgehead atoms. The zero-order valence-corrected chi connectivity index (χ0v) is 18.2. The highest BCUT2D eigenvalue weighted by Gasteiger charge is 2.20. The van der Waals surface area contributed by atoms with Gasteiger partial charge in [0, 0.05) is 30.1 Å². The summed E-state index contributed by atoms with van der Waals surface area (Å²) in [6.45, 7) is 2.62. The molecular formula is C24H27N3O5. The third-order valence-electron chi connectivity index (χ3n) is 5.11. The van der Waals surface area contributed by atoms with E-state index in [0.717, 1.165) is 16.5 Å². The van der Waals surface area contributed by atoms with Gasteiger partial charge in [0.2, 0.25) is 5.91 Å². The fourth-order valence-electron chi connectivity index (χ4n) is 3.45. The molecule has 0 aliphatic heterocycles. The molecule has 1 aromatic heterocycles. The van der Waals surface area contributed by atoms with Crippen LogP contribution in [0.3, 0.4) is 0 Å². The number of rotatable bonds is 9. The fraction of sp³-hybridized carbons (Fsp3) is 0.292. The van der Waals surface area contributed by atoms with Gasteiger partial charge in [-0.2, -0.15) is 0 Å². The minimum atomic E-state index is -0.544. The number of carbonyl (C=O) groups is 3. The van der Waals surface area contributed by atoms with Crippen LogP contribution in [0.4, 0.5) is 4.79 Å². The number of hydrogen-bond donors (Lipinski definition) is 2. The Morgan fingerprint density at radius 3 is 2.50 bits per heavy atom. The Morgan fingerprint density at radius 1 is 1.06 bits per heavy atom. The summed E-state index contributed by atoms with van der Waals surface area (Å²) in [5.74, 6) is -1.01. The number of primary amides is 1. The minimum absolute atomic E-state index is 0.204. The van der Waals surface area contributed by atoms with Crippen LogP contribution in [0.15, 0.2) is 48.5 Å². The van der Waals surface area contributed by atoms with Gasteiger partial charge in [0.25, 0.3) is 0 Å². The van der Waals surface area contributed by atoms with E-state index in [1.165, 1.54) is 4.90 Å². The Hall–Kier alpha value is -3.81. The highest BCUT2D eigenvalue weighted by molar-refractivity contribution is 6.02. The predicted molar refractivity (Wildman–Crippen MR) is 120 cm³/mol. The number of benzene rings is 2. The molecule has 2 amide bonds. The predicted octanol–water partition coefficient (Wildman–Crippen LogP) is 3.64. The number of nitrogens with two attached hydrogens (primary N) is 1. The lowest BCUT2D eigenvalue weighted by Crippen LogP contribution is -2.28. The number of carbonyl (C=O) groups excluding carboxylic acids is 3. The first-order chi connectivity index (χ1) is 15.4. The molecule has 32 heavy (non-hydrogen) atoms. The Balaban J connectivity index is 1.69. The standard InChI is InChI=1S/C24H27N3O5/c1-3-31-23(29)21-18(19-14-17(22(25)28)11-12-20(19)26-21)10-7-13-27(2)24(30)32-15-16-8-5-4-6-9-16/h4-6,8-9,11-12,14,26H,3,7,10,13,15H2,1-2H3,(H2,25,28). The number of aromatic amines is 1. The lowest BCUT2D eigenvalue weighted by molar-refractivity contribution is 0.0519. The molecule has 0 saturated heterocycles. The molecule has 0 saturated carbocycles. The quantitative estimate of drug-likeness (QED) is 0.496. The van der Waals surface area contributed by atoms with E-state index in [-0.39, 0.29) is 13.2 Å². The average molecular weight is 437 g/mol. The Labute approximate surface area is 186 Å². The van der Waals surface area contributed by atoms with Gasteiger partial charge in [-0.3, -0.25) is 4.79 Å². The highest BCUT2D eigenvalue weighted by Crippen LogP contribution is 2.26. The number of hydrogen-bond acceptors (Lipinski definition) is 5. The SMILES string of the molecule is CCOC(=O)c1[nH]c2ccc(C(N)=O)cc2c1CCCN(C)C(=O)OCc1ccccc1. The smallest absolute Gasteiger partial charge is 0.409 e. The van der Waals surface area contributed by atoms with Crippen LogP contribution < -0.4 is 5.73 Å². The molecule has 168 valence electrons. The monoisotopic (exact) mass is 437 g/mol. The van der Waals surface area contributed by atoms with Gasteiger partial charge >= 0.3 is 12.1 Å². The van der Waals surface area contributed by atoms with E-state index >= 15 is 0 Å². The average Bonchev–Trinajstić information content (AvgIpc) is 3.16.